The van der Waals surface area contributed by atoms with Crippen molar-refractivity contribution in [3.8, 4) is 0 Å². The van der Waals surface area contributed by atoms with E-state index in [1.165, 1.54) is 6.33 Å². The Bertz CT molecular complexity index is 603. The van der Waals surface area contributed by atoms with Crippen molar-refractivity contribution in [2.45, 2.75) is 25.8 Å². The van der Waals surface area contributed by atoms with Gasteiger partial charge in [0.15, 0.2) is 5.65 Å². The molecule has 0 bridgehead atoms. The number of anilines is 1. The van der Waals surface area contributed by atoms with Crippen LogP contribution in [0.2, 0.25) is 0 Å². The van der Waals surface area contributed by atoms with Crippen molar-refractivity contribution in [3.05, 3.63) is 24.0 Å². The quantitative estimate of drug-likeness (QED) is 0.850. The molecule has 2 aromatic heterocycles. The van der Waals surface area contributed by atoms with E-state index in [0.717, 1.165) is 24.1 Å². The maximum atomic E-state index is 11.2. The fourth-order valence-corrected chi connectivity index (χ4v) is 2.13. The molecule has 6 heteroatoms. The Kier molecular flexibility index (Phi) is 2.43. The Labute approximate surface area is 104 Å². The van der Waals surface area contributed by atoms with E-state index in [4.69, 9.17) is 0 Å². The van der Waals surface area contributed by atoms with Crippen LogP contribution in [-0.4, -0.2) is 31.7 Å². The van der Waals surface area contributed by atoms with Crippen LogP contribution in [0, 0.1) is 12.8 Å². The average Bonchev–Trinajstić information content (AvgIpc) is 3.03. The van der Waals surface area contributed by atoms with Gasteiger partial charge in [-0.05, 0) is 43.4 Å². The van der Waals surface area contributed by atoms with E-state index in [9.17, 15) is 9.90 Å². The lowest BCUT2D eigenvalue weighted by Crippen LogP contribution is -2.32. The molecule has 0 saturated heterocycles. The van der Waals surface area contributed by atoms with E-state index < -0.39 is 12.0 Å². The van der Waals surface area contributed by atoms with Gasteiger partial charge in [0.25, 0.3) is 0 Å². The first-order valence-corrected chi connectivity index (χ1v) is 5.95. The Morgan fingerprint density at radius 3 is 3.00 bits per heavy atom. The minimum atomic E-state index is -0.813. The molecular formula is C12H14N4O2. The van der Waals surface area contributed by atoms with Crippen LogP contribution in [0.4, 0.5) is 5.82 Å². The minimum absolute atomic E-state index is 0.224. The molecule has 6 nitrogen and oxygen atoms in total. The number of carbonyl (C=O) groups is 1. The molecule has 0 aromatic carbocycles. The molecule has 1 unspecified atom stereocenters. The van der Waals surface area contributed by atoms with Gasteiger partial charge in [-0.25, -0.2) is 9.78 Å². The van der Waals surface area contributed by atoms with Crippen LogP contribution in [0.5, 0.6) is 0 Å². The molecule has 0 aliphatic heterocycles. The summed E-state index contributed by atoms with van der Waals surface area (Å²) in [6.45, 7) is 1.95. The summed E-state index contributed by atoms with van der Waals surface area (Å²) in [5.41, 5.74) is 1.75. The topological polar surface area (TPSA) is 79.5 Å². The van der Waals surface area contributed by atoms with Crippen LogP contribution in [0.1, 0.15) is 18.4 Å². The third kappa shape index (κ3) is 1.90. The third-order valence-corrected chi connectivity index (χ3v) is 3.19. The highest BCUT2D eigenvalue weighted by Gasteiger charge is 2.36. The molecule has 94 valence electrons. The second kappa shape index (κ2) is 3.97. The lowest BCUT2D eigenvalue weighted by molar-refractivity contribution is -0.138. The summed E-state index contributed by atoms with van der Waals surface area (Å²) >= 11 is 0. The normalized spacial score (nSPS) is 16.7. The number of aromatic nitrogens is 3. The molecular weight excluding hydrogens is 232 g/mol. The van der Waals surface area contributed by atoms with Gasteiger partial charge >= 0.3 is 5.97 Å². The maximum absolute atomic E-state index is 11.2. The van der Waals surface area contributed by atoms with Crippen molar-refractivity contribution in [1.82, 2.24) is 14.6 Å². The minimum Gasteiger partial charge on any atom is -0.480 e. The van der Waals surface area contributed by atoms with Crippen LogP contribution in [-0.2, 0) is 4.79 Å². The molecule has 2 N–H and O–H groups in total. The van der Waals surface area contributed by atoms with Crippen LogP contribution >= 0.6 is 0 Å². The SMILES string of the molecule is Cc1cc(NC(C(=O)O)C2CC2)n2ncnc2c1. The van der Waals surface area contributed by atoms with Crippen molar-refractivity contribution < 1.29 is 9.90 Å². The van der Waals surface area contributed by atoms with Crippen LogP contribution in [0.15, 0.2) is 18.5 Å². The first-order valence-electron chi connectivity index (χ1n) is 5.95. The molecule has 0 radical (unpaired) electrons. The van der Waals surface area contributed by atoms with Crippen molar-refractivity contribution in [2.24, 2.45) is 5.92 Å². The van der Waals surface area contributed by atoms with Crippen LogP contribution in [0.25, 0.3) is 5.65 Å². The van der Waals surface area contributed by atoms with Gasteiger partial charge in [-0.2, -0.15) is 9.61 Å². The van der Waals surface area contributed by atoms with Crippen molar-refractivity contribution in [2.75, 3.05) is 5.32 Å². The van der Waals surface area contributed by atoms with E-state index in [-0.39, 0.29) is 5.92 Å². The van der Waals surface area contributed by atoms with Gasteiger partial charge in [0.05, 0.1) is 0 Å². The van der Waals surface area contributed by atoms with E-state index in [0.29, 0.717) is 5.82 Å². The fourth-order valence-electron chi connectivity index (χ4n) is 2.13. The highest BCUT2D eigenvalue weighted by atomic mass is 16.4. The number of nitrogens with one attached hydrogen (secondary N) is 1. The van der Waals surface area contributed by atoms with Crippen molar-refractivity contribution in [3.63, 3.8) is 0 Å². The lowest BCUT2D eigenvalue weighted by Gasteiger charge is -2.16. The average molecular weight is 246 g/mol. The predicted octanol–water partition coefficient (Wildman–Crippen LogP) is 1.31. The Balaban J connectivity index is 1.97. The summed E-state index contributed by atoms with van der Waals surface area (Å²) in [4.78, 5) is 15.4. The number of pyridine rings is 1. The van der Waals surface area contributed by atoms with Gasteiger partial charge in [0.2, 0.25) is 0 Å². The van der Waals surface area contributed by atoms with Gasteiger partial charge in [0.1, 0.15) is 18.2 Å². The third-order valence-electron chi connectivity index (χ3n) is 3.19. The van der Waals surface area contributed by atoms with Crippen LogP contribution < -0.4 is 5.32 Å². The lowest BCUT2D eigenvalue weighted by atomic mass is 10.2. The van der Waals surface area contributed by atoms with Crippen LogP contribution in [0.3, 0.4) is 0 Å². The number of hydrogen-bond acceptors (Lipinski definition) is 4. The number of aliphatic carboxylic acids is 1. The predicted molar refractivity (Wildman–Crippen MR) is 65.5 cm³/mol. The van der Waals surface area contributed by atoms with Gasteiger partial charge < -0.3 is 10.4 Å². The Morgan fingerprint density at radius 1 is 1.56 bits per heavy atom. The van der Waals surface area contributed by atoms with E-state index in [1.807, 2.05) is 19.1 Å². The van der Waals surface area contributed by atoms with Gasteiger partial charge in [-0.1, -0.05) is 0 Å². The number of aryl methyl sites for hydroxylation is 1. The second-order valence-corrected chi connectivity index (χ2v) is 4.75. The molecule has 2 heterocycles. The van der Waals surface area contributed by atoms with E-state index in [1.54, 1.807) is 4.52 Å². The molecule has 3 rings (SSSR count). The second-order valence-electron chi connectivity index (χ2n) is 4.75. The summed E-state index contributed by atoms with van der Waals surface area (Å²) in [5, 5.41) is 16.4. The van der Waals surface area contributed by atoms with Crippen molar-refractivity contribution >= 4 is 17.4 Å². The molecule has 1 fully saturated rings. The molecule has 1 saturated carbocycles. The monoisotopic (exact) mass is 246 g/mol. The Hall–Kier alpha value is -2.11. The number of nitrogens with zero attached hydrogens (tertiary/aromatic N) is 3. The number of carboxylic acids is 1. The molecule has 1 atom stereocenters. The maximum Gasteiger partial charge on any atom is 0.326 e. The summed E-state index contributed by atoms with van der Waals surface area (Å²) in [6, 6.07) is 3.25. The smallest absolute Gasteiger partial charge is 0.326 e. The molecule has 18 heavy (non-hydrogen) atoms. The largest absolute Gasteiger partial charge is 0.480 e. The highest BCUT2D eigenvalue weighted by molar-refractivity contribution is 5.78. The van der Waals surface area contributed by atoms with Gasteiger partial charge in [0, 0.05) is 0 Å². The molecule has 1 aliphatic carbocycles. The first kappa shape index (κ1) is 11.0. The number of carboxylic acid groups (broad SMARTS) is 1. The Morgan fingerprint density at radius 2 is 2.33 bits per heavy atom. The number of fused-ring (bicyclic) bond motifs is 1. The summed E-state index contributed by atoms with van der Waals surface area (Å²) in [5.74, 6) is 0.0932. The highest BCUT2D eigenvalue weighted by Crippen LogP contribution is 2.34. The van der Waals surface area contributed by atoms with E-state index >= 15 is 0 Å². The van der Waals surface area contributed by atoms with Gasteiger partial charge in [-0.15, -0.1) is 0 Å². The zero-order chi connectivity index (χ0) is 12.7. The fraction of sp³-hybridized carbons (Fsp3) is 0.417. The number of hydrogen-bond donors (Lipinski definition) is 2. The number of rotatable bonds is 4. The van der Waals surface area contributed by atoms with Gasteiger partial charge in [-0.3, -0.25) is 0 Å². The van der Waals surface area contributed by atoms with Crippen molar-refractivity contribution in [1.29, 1.82) is 0 Å². The van der Waals surface area contributed by atoms with E-state index in [2.05, 4.69) is 15.4 Å². The molecule has 0 amide bonds. The zero-order valence-corrected chi connectivity index (χ0v) is 10.00. The molecule has 2 aromatic rings. The zero-order valence-electron chi connectivity index (χ0n) is 10.00. The summed E-state index contributed by atoms with van der Waals surface area (Å²) in [6.07, 6.45) is 3.40. The standard InChI is InChI=1S/C12H14N4O2/c1-7-4-9-13-6-14-16(9)10(5-7)15-11(12(17)18)8-2-3-8/h4-6,8,11,15H,2-3H2,1H3,(H,17,18). The summed E-state index contributed by atoms with van der Waals surface area (Å²) in [7, 11) is 0. The first-order chi connectivity index (χ1) is 8.65. The molecule has 1 aliphatic rings. The molecule has 0 spiro atoms. The summed E-state index contributed by atoms with van der Waals surface area (Å²) < 4.78 is 1.63.